The van der Waals surface area contributed by atoms with Crippen LogP contribution in [-0.4, -0.2) is 29.3 Å². The van der Waals surface area contributed by atoms with Crippen molar-refractivity contribution >= 4 is 35.0 Å². The first-order valence-corrected chi connectivity index (χ1v) is 12.7. The van der Waals surface area contributed by atoms with Crippen LogP contribution in [-0.2, 0) is 29.0 Å². The molecule has 0 saturated carbocycles. The molecule has 1 N–H and O–H groups in total. The van der Waals surface area contributed by atoms with Crippen molar-refractivity contribution in [2.75, 3.05) is 6.54 Å². The lowest BCUT2D eigenvalue weighted by molar-refractivity contribution is -0.141. The van der Waals surface area contributed by atoms with E-state index in [-0.39, 0.29) is 18.4 Å². The third kappa shape index (κ3) is 8.12. The molecule has 0 saturated heterocycles. The minimum absolute atomic E-state index is 0.0934. The fraction of sp³-hybridized carbons (Fsp3) is 0.310. The topological polar surface area (TPSA) is 49.4 Å². The molecule has 4 nitrogen and oxygen atoms in total. The molecule has 0 heterocycles. The van der Waals surface area contributed by atoms with Gasteiger partial charge in [-0.2, -0.15) is 0 Å². The molecule has 1 atom stereocenters. The van der Waals surface area contributed by atoms with Gasteiger partial charge >= 0.3 is 0 Å². The first-order chi connectivity index (χ1) is 16.9. The largest absolute Gasteiger partial charge is 0.354 e. The summed E-state index contributed by atoms with van der Waals surface area (Å²) in [5.74, 6) is -0.256. The molecule has 0 unspecified atom stereocenters. The van der Waals surface area contributed by atoms with Gasteiger partial charge in [-0.05, 0) is 48.6 Å². The number of amides is 2. The molecule has 0 aromatic heterocycles. The Morgan fingerprint density at radius 1 is 0.943 bits per heavy atom. The second-order valence-electron chi connectivity index (χ2n) is 8.74. The van der Waals surface area contributed by atoms with Gasteiger partial charge in [0.1, 0.15) is 6.04 Å². The maximum atomic E-state index is 13.7. The third-order valence-electron chi connectivity index (χ3n) is 5.92. The molecule has 0 fully saturated rings. The van der Waals surface area contributed by atoms with Crippen LogP contribution in [0.25, 0.3) is 0 Å². The molecule has 0 radical (unpaired) electrons. The van der Waals surface area contributed by atoms with E-state index in [0.29, 0.717) is 35.9 Å². The number of benzene rings is 3. The van der Waals surface area contributed by atoms with Crippen LogP contribution in [0.3, 0.4) is 0 Å². The Labute approximate surface area is 218 Å². The average Bonchev–Trinajstić information content (AvgIpc) is 2.86. The van der Waals surface area contributed by atoms with Crippen LogP contribution in [0.5, 0.6) is 0 Å². The molecule has 0 aliphatic carbocycles. The minimum Gasteiger partial charge on any atom is -0.354 e. The van der Waals surface area contributed by atoms with E-state index in [1.54, 1.807) is 17.0 Å². The monoisotopic (exact) mass is 510 g/mol. The Morgan fingerprint density at radius 2 is 1.66 bits per heavy atom. The van der Waals surface area contributed by atoms with Gasteiger partial charge in [-0.3, -0.25) is 9.59 Å². The molecule has 3 aromatic rings. The molecule has 6 heteroatoms. The first kappa shape index (κ1) is 26.8. The number of hydrogen-bond donors (Lipinski definition) is 1. The summed E-state index contributed by atoms with van der Waals surface area (Å²) in [5, 5.41) is 3.99. The zero-order valence-corrected chi connectivity index (χ0v) is 21.8. The molecule has 0 spiro atoms. The molecule has 0 aliphatic heterocycles. The smallest absolute Gasteiger partial charge is 0.243 e. The van der Waals surface area contributed by atoms with Crippen LogP contribution < -0.4 is 5.32 Å². The van der Waals surface area contributed by atoms with E-state index < -0.39 is 6.04 Å². The Balaban J connectivity index is 1.91. The molecule has 3 rings (SSSR count). The van der Waals surface area contributed by atoms with Gasteiger partial charge in [0.15, 0.2) is 0 Å². The van der Waals surface area contributed by atoms with Gasteiger partial charge < -0.3 is 10.2 Å². The highest BCUT2D eigenvalue weighted by Gasteiger charge is 2.30. The van der Waals surface area contributed by atoms with Gasteiger partial charge in [0.2, 0.25) is 11.8 Å². The van der Waals surface area contributed by atoms with Crippen molar-refractivity contribution in [3.63, 3.8) is 0 Å². The lowest BCUT2D eigenvalue weighted by Crippen LogP contribution is -2.50. The average molecular weight is 511 g/mol. The van der Waals surface area contributed by atoms with E-state index in [9.17, 15) is 9.59 Å². The van der Waals surface area contributed by atoms with Gasteiger partial charge in [0.05, 0.1) is 0 Å². The number of rotatable bonds is 11. The summed E-state index contributed by atoms with van der Waals surface area (Å²) in [5.41, 5.74) is 4.00. The van der Waals surface area contributed by atoms with Crippen molar-refractivity contribution in [3.05, 3.63) is 105 Å². The van der Waals surface area contributed by atoms with E-state index in [4.69, 9.17) is 23.2 Å². The first-order valence-electron chi connectivity index (χ1n) is 12.0. The van der Waals surface area contributed by atoms with E-state index in [1.807, 2.05) is 74.5 Å². The van der Waals surface area contributed by atoms with Crippen molar-refractivity contribution in [1.82, 2.24) is 10.2 Å². The van der Waals surface area contributed by atoms with Crippen molar-refractivity contribution in [2.24, 2.45) is 0 Å². The van der Waals surface area contributed by atoms with Crippen LogP contribution in [0, 0.1) is 6.92 Å². The molecule has 2 amide bonds. The molecule has 184 valence electrons. The third-order valence-corrected chi connectivity index (χ3v) is 6.51. The van der Waals surface area contributed by atoms with Crippen molar-refractivity contribution in [3.8, 4) is 0 Å². The SMILES string of the molecule is CCCNC(=O)[C@@H](Cc1ccccc1)N(Cc1ccc(Cl)cc1Cl)C(=O)CCc1ccc(C)cc1. The fourth-order valence-corrected chi connectivity index (χ4v) is 4.37. The van der Waals surface area contributed by atoms with Crippen LogP contribution >= 0.6 is 23.2 Å². The fourth-order valence-electron chi connectivity index (χ4n) is 3.90. The quantitative estimate of drug-likeness (QED) is 0.324. The van der Waals surface area contributed by atoms with E-state index in [2.05, 4.69) is 5.32 Å². The zero-order chi connectivity index (χ0) is 25.2. The van der Waals surface area contributed by atoms with Gasteiger partial charge in [-0.1, -0.05) is 96.4 Å². The summed E-state index contributed by atoms with van der Waals surface area (Å²) in [6, 6.07) is 22.5. The maximum absolute atomic E-state index is 13.7. The second kappa shape index (κ2) is 13.3. The van der Waals surface area contributed by atoms with E-state index >= 15 is 0 Å². The highest BCUT2D eigenvalue weighted by molar-refractivity contribution is 6.35. The summed E-state index contributed by atoms with van der Waals surface area (Å²) in [6.07, 6.45) is 2.12. The molecule has 35 heavy (non-hydrogen) atoms. The van der Waals surface area contributed by atoms with Crippen LogP contribution in [0.2, 0.25) is 10.0 Å². The van der Waals surface area contributed by atoms with Crippen molar-refractivity contribution in [2.45, 2.75) is 52.1 Å². The van der Waals surface area contributed by atoms with Crippen LogP contribution in [0.1, 0.15) is 42.0 Å². The normalized spacial score (nSPS) is 11.7. The number of carbonyl (C=O) groups excluding carboxylic acids is 2. The predicted octanol–water partition coefficient (Wildman–Crippen LogP) is 6.40. The summed E-state index contributed by atoms with van der Waals surface area (Å²) < 4.78 is 0. The highest BCUT2D eigenvalue weighted by atomic mass is 35.5. The van der Waals surface area contributed by atoms with Crippen molar-refractivity contribution < 1.29 is 9.59 Å². The van der Waals surface area contributed by atoms with Gasteiger partial charge in [-0.15, -0.1) is 0 Å². The van der Waals surface area contributed by atoms with Gasteiger partial charge in [0.25, 0.3) is 0 Å². The number of hydrogen-bond acceptors (Lipinski definition) is 2. The Kier molecular flexibility index (Phi) is 10.2. The summed E-state index contributed by atoms with van der Waals surface area (Å²) in [4.78, 5) is 28.7. The Bertz CT molecular complexity index is 1120. The number of nitrogens with one attached hydrogen (secondary N) is 1. The summed E-state index contributed by atoms with van der Waals surface area (Å²) >= 11 is 12.6. The summed E-state index contributed by atoms with van der Waals surface area (Å²) in [6.45, 7) is 4.82. The maximum Gasteiger partial charge on any atom is 0.243 e. The molecule has 3 aromatic carbocycles. The molecular formula is C29H32Cl2N2O2. The minimum atomic E-state index is -0.666. The van der Waals surface area contributed by atoms with Crippen LogP contribution in [0.4, 0.5) is 0 Å². The number of aryl methyl sites for hydroxylation is 2. The lowest BCUT2D eigenvalue weighted by atomic mass is 10.0. The molecule has 0 aliphatic rings. The lowest BCUT2D eigenvalue weighted by Gasteiger charge is -2.32. The second-order valence-corrected chi connectivity index (χ2v) is 9.58. The number of nitrogens with zero attached hydrogens (tertiary/aromatic N) is 1. The highest BCUT2D eigenvalue weighted by Crippen LogP contribution is 2.24. The predicted molar refractivity (Wildman–Crippen MR) is 144 cm³/mol. The number of halogens is 2. The molecular weight excluding hydrogens is 479 g/mol. The number of carbonyl (C=O) groups is 2. The van der Waals surface area contributed by atoms with E-state index in [0.717, 1.165) is 23.1 Å². The van der Waals surface area contributed by atoms with Gasteiger partial charge in [-0.25, -0.2) is 0 Å². The molecule has 0 bridgehead atoms. The Hall–Kier alpha value is -2.82. The van der Waals surface area contributed by atoms with Crippen LogP contribution in [0.15, 0.2) is 72.8 Å². The van der Waals surface area contributed by atoms with Crippen molar-refractivity contribution in [1.29, 1.82) is 0 Å². The van der Waals surface area contributed by atoms with E-state index in [1.165, 1.54) is 5.56 Å². The van der Waals surface area contributed by atoms with Gasteiger partial charge in [0, 0.05) is 36.0 Å². The zero-order valence-electron chi connectivity index (χ0n) is 20.3. The Morgan fingerprint density at radius 3 is 2.31 bits per heavy atom. The summed E-state index contributed by atoms with van der Waals surface area (Å²) in [7, 11) is 0. The standard InChI is InChI=1S/C29H32Cl2N2O2/c1-3-17-32-29(35)27(18-23-7-5-4-6-8-23)33(20-24-14-15-25(30)19-26(24)31)28(34)16-13-22-11-9-21(2)10-12-22/h4-12,14-15,19,27H,3,13,16-18,20H2,1-2H3,(H,32,35)/t27-/m1/s1.